The van der Waals surface area contributed by atoms with Crippen LogP contribution in [-0.2, 0) is 11.2 Å². The molecule has 0 unspecified atom stereocenters. The van der Waals surface area contributed by atoms with Crippen molar-refractivity contribution in [3.8, 4) is 11.5 Å². The van der Waals surface area contributed by atoms with Gasteiger partial charge in [0.2, 0.25) is 12.7 Å². The molecule has 24 heavy (non-hydrogen) atoms. The van der Waals surface area contributed by atoms with Crippen molar-refractivity contribution in [2.75, 3.05) is 12.1 Å². The Morgan fingerprint density at radius 3 is 2.96 bits per heavy atom. The van der Waals surface area contributed by atoms with E-state index in [9.17, 15) is 4.79 Å². The van der Waals surface area contributed by atoms with Crippen molar-refractivity contribution in [1.82, 2.24) is 4.98 Å². The van der Waals surface area contributed by atoms with Crippen LogP contribution in [0.3, 0.4) is 0 Å². The minimum Gasteiger partial charge on any atom is -0.454 e. The lowest BCUT2D eigenvalue weighted by atomic mass is 10.1. The molecule has 3 aromatic rings. The van der Waals surface area contributed by atoms with Gasteiger partial charge in [0.05, 0.1) is 21.7 Å². The van der Waals surface area contributed by atoms with Crippen molar-refractivity contribution >= 4 is 44.2 Å². The molecule has 0 saturated heterocycles. The number of anilines is 1. The highest BCUT2D eigenvalue weighted by molar-refractivity contribution is 7.23. The van der Waals surface area contributed by atoms with E-state index in [0.717, 1.165) is 21.3 Å². The second kappa shape index (κ2) is 5.96. The number of halogens is 1. The number of fused-ring (bicyclic) bond motifs is 2. The van der Waals surface area contributed by atoms with Gasteiger partial charge in [0.15, 0.2) is 16.6 Å². The van der Waals surface area contributed by atoms with Gasteiger partial charge in [-0.05, 0) is 36.2 Å². The van der Waals surface area contributed by atoms with Gasteiger partial charge in [-0.3, -0.25) is 4.79 Å². The van der Waals surface area contributed by atoms with Gasteiger partial charge in [-0.1, -0.05) is 35.1 Å². The van der Waals surface area contributed by atoms with Gasteiger partial charge in [0.1, 0.15) is 0 Å². The van der Waals surface area contributed by atoms with Crippen molar-refractivity contribution in [1.29, 1.82) is 0 Å². The molecular weight excluding hydrogens is 348 g/mol. The molecule has 1 amide bonds. The van der Waals surface area contributed by atoms with Gasteiger partial charge in [-0.25, -0.2) is 4.98 Å². The molecule has 0 fully saturated rings. The molecule has 1 N–H and O–H groups in total. The predicted molar refractivity (Wildman–Crippen MR) is 94.3 cm³/mol. The number of nitrogens with zero attached hydrogens (tertiary/aromatic N) is 1. The third-order valence-corrected chi connectivity index (χ3v) is 5.18. The first-order chi connectivity index (χ1) is 11.6. The van der Waals surface area contributed by atoms with Crippen LogP contribution >= 0.6 is 22.9 Å². The molecule has 7 heteroatoms. The van der Waals surface area contributed by atoms with E-state index in [4.69, 9.17) is 21.1 Å². The Morgan fingerprint density at radius 2 is 2.12 bits per heavy atom. The lowest BCUT2D eigenvalue weighted by molar-refractivity contribution is -0.115. The van der Waals surface area contributed by atoms with Crippen LogP contribution < -0.4 is 14.8 Å². The highest BCUT2D eigenvalue weighted by Gasteiger charge is 2.16. The Balaban J connectivity index is 1.52. The van der Waals surface area contributed by atoms with Crippen molar-refractivity contribution in [3.63, 3.8) is 0 Å². The monoisotopic (exact) mass is 360 g/mol. The first-order valence-electron chi connectivity index (χ1n) is 7.34. The van der Waals surface area contributed by atoms with Crippen molar-refractivity contribution in [2.24, 2.45) is 0 Å². The fourth-order valence-electron chi connectivity index (χ4n) is 2.56. The Hall–Kier alpha value is -2.31. The van der Waals surface area contributed by atoms with Gasteiger partial charge < -0.3 is 14.8 Å². The summed E-state index contributed by atoms with van der Waals surface area (Å²) in [6.07, 6.45) is 0.235. The van der Waals surface area contributed by atoms with Crippen molar-refractivity contribution < 1.29 is 14.3 Å². The molecule has 5 nitrogen and oxygen atoms in total. The van der Waals surface area contributed by atoms with E-state index in [-0.39, 0.29) is 19.1 Å². The molecule has 0 aliphatic carbocycles. The molecule has 0 bridgehead atoms. The largest absolute Gasteiger partial charge is 0.454 e. The molecule has 2 aromatic carbocycles. The predicted octanol–water partition coefficient (Wildman–Crippen LogP) is 4.17. The molecule has 1 aliphatic rings. The Kier molecular flexibility index (Phi) is 3.78. The average molecular weight is 361 g/mol. The van der Waals surface area contributed by atoms with Crippen LogP contribution in [0.15, 0.2) is 30.3 Å². The number of carbonyl (C=O) groups is 1. The van der Waals surface area contributed by atoms with Crippen LogP contribution in [-0.4, -0.2) is 17.7 Å². The van der Waals surface area contributed by atoms with E-state index < -0.39 is 0 Å². The fourth-order valence-corrected chi connectivity index (χ4v) is 3.79. The summed E-state index contributed by atoms with van der Waals surface area (Å²) in [6.45, 7) is 2.19. The second-order valence-corrected chi connectivity index (χ2v) is 6.88. The molecule has 1 aliphatic heterocycles. The number of hydrogen-bond donors (Lipinski definition) is 1. The van der Waals surface area contributed by atoms with Crippen LogP contribution in [0.1, 0.15) is 11.1 Å². The summed E-state index contributed by atoms with van der Waals surface area (Å²) in [5.41, 5.74) is 2.71. The van der Waals surface area contributed by atoms with E-state index in [0.29, 0.717) is 21.7 Å². The first-order valence-corrected chi connectivity index (χ1v) is 8.53. The minimum absolute atomic E-state index is 0.137. The zero-order chi connectivity index (χ0) is 16.7. The smallest absolute Gasteiger partial charge is 0.231 e. The SMILES string of the molecule is Cc1ccc(Cl)c2sc(NC(=O)Cc3ccc4c(c3)OCO4)nc12. The second-order valence-electron chi connectivity index (χ2n) is 5.47. The molecule has 0 saturated carbocycles. The van der Waals surface area contributed by atoms with Gasteiger partial charge in [-0.15, -0.1) is 0 Å². The number of carbonyl (C=O) groups excluding carboxylic acids is 1. The summed E-state index contributed by atoms with van der Waals surface area (Å²) in [5.74, 6) is 1.24. The normalized spacial score (nSPS) is 12.6. The number of hydrogen-bond acceptors (Lipinski definition) is 5. The van der Waals surface area contributed by atoms with Crippen LogP contribution in [0.4, 0.5) is 5.13 Å². The number of aromatic nitrogens is 1. The summed E-state index contributed by atoms with van der Waals surface area (Å²) in [6, 6.07) is 9.25. The number of nitrogens with one attached hydrogen (secondary N) is 1. The number of aryl methyl sites for hydroxylation is 1. The van der Waals surface area contributed by atoms with Gasteiger partial charge in [0, 0.05) is 0 Å². The van der Waals surface area contributed by atoms with Crippen LogP contribution in [0, 0.1) is 6.92 Å². The number of benzene rings is 2. The van der Waals surface area contributed by atoms with Crippen molar-refractivity contribution in [2.45, 2.75) is 13.3 Å². The van der Waals surface area contributed by atoms with Crippen molar-refractivity contribution in [3.05, 3.63) is 46.5 Å². The van der Waals surface area contributed by atoms with Gasteiger partial charge >= 0.3 is 0 Å². The average Bonchev–Trinajstić information content (AvgIpc) is 3.17. The number of amides is 1. The quantitative estimate of drug-likeness (QED) is 0.761. The van der Waals surface area contributed by atoms with Crippen LogP contribution in [0.5, 0.6) is 11.5 Å². The van der Waals surface area contributed by atoms with E-state index in [1.54, 1.807) is 0 Å². The molecule has 0 spiro atoms. The number of ether oxygens (including phenoxy) is 2. The Labute approximate surface area is 147 Å². The summed E-state index contributed by atoms with van der Waals surface area (Å²) < 4.78 is 11.5. The molecule has 0 atom stereocenters. The zero-order valence-electron chi connectivity index (χ0n) is 12.8. The zero-order valence-corrected chi connectivity index (χ0v) is 14.3. The highest BCUT2D eigenvalue weighted by atomic mass is 35.5. The summed E-state index contributed by atoms with van der Waals surface area (Å²) in [4.78, 5) is 16.7. The van der Waals surface area contributed by atoms with E-state index in [1.165, 1.54) is 11.3 Å². The van der Waals surface area contributed by atoms with Gasteiger partial charge in [0.25, 0.3) is 0 Å². The molecule has 4 rings (SSSR count). The van der Waals surface area contributed by atoms with E-state index >= 15 is 0 Å². The Morgan fingerprint density at radius 1 is 1.29 bits per heavy atom. The summed E-state index contributed by atoms with van der Waals surface area (Å²) in [7, 11) is 0. The lowest BCUT2D eigenvalue weighted by Crippen LogP contribution is -2.14. The maximum Gasteiger partial charge on any atom is 0.231 e. The maximum absolute atomic E-state index is 12.3. The molecule has 0 radical (unpaired) electrons. The molecule has 2 heterocycles. The van der Waals surface area contributed by atoms with E-state index in [1.807, 2.05) is 37.3 Å². The number of thiazole rings is 1. The lowest BCUT2D eigenvalue weighted by Gasteiger charge is -2.03. The third kappa shape index (κ3) is 2.79. The molecule has 122 valence electrons. The minimum atomic E-state index is -0.137. The van der Waals surface area contributed by atoms with Crippen LogP contribution in [0.2, 0.25) is 5.02 Å². The summed E-state index contributed by atoms with van der Waals surface area (Å²) in [5, 5.41) is 4.03. The maximum atomic E-state index is 12.3. The number of rotatable bonds is 3. The third-order valence-electron chi connectivity index (χ3n) is 3.75. The van der Waals surface area contributed by atoms with Crippen LogP contribution in [0.25, 0.3) is 10.2 Å². The topological polar surface area (TPSA) is 60.5 Å². The molecule has 1 aromatic heterocycles. The first kappa shape index (κ1) is 15.2. The summed E-state index contributed by atoms with van der Waals surface area (Å²) >= 11 is 7.57. The highest BCUT2D eigenvalue weighted by Crippen LogP contribution is 2.34. The van der Waals surface area contributed by atoms with E-state index in [2.05, 4.69) is 10.3 Å². The fraction of sp³-hybridized carbons (Fsp3) is 0.176. The Bertz CT molecular complexity index is 915. The standard InChI is InChI=1S/C17H13ClN2O3S/c1-9-2-4-11(18)16-15(9)20-17(24-16)19-14(21)7-10-3-5-12-13(6-10)23-8-22-12/h2-6H,7-8H2,1H3,(H,19,20,21). The molecular formula is C17H13ClN2O3S. The van der Waals surface area contributed by atoms with Gasteiger partial charge in [-0.2, -0.15) is 0 Å².